The molecule has 6 heterocycles. The van der Waals surface area contributed by atoms with Gasteiger partial charge >= 0.3 is 0 Å². The summed E-state index contributed by atoms with van der Waals surface area (Å²) in [5.74, 6) is -50.4. The van der Waals surface area contributed by atoms with Gasteiger partial charge in [0.25, 0.3) is 0 Å². The van der Waals surface area contributed by atoms with Gasteiger partial charge in [-0.3, -0.25) is 4.98 Å². The van der Waals surface area contributed by atoms with Crippen LogP contribution in [0.25, 0.3) is 78.7 Å². The van der Waals surface area contributed by atoms with Gasteiger partial charge in [-0.15, -0.1) is 0 Å². The number of nitrogens with zero attached hydrogens (tertiary/aromatic N) is 3. The summed E-state index contributed by atoms with van der Waals surface area (Å²) in [5, 5.41) is 12.1. The molecule has 0 aliphatic carbocycles. The second kappa shape index (κ2) is 16.1. The lowest BCUT2D eigenvalue weighted by atomic mass is 9.91. The van der Waals surface area contributed by atoms with E-state index in [1.807, 2.05) is 0 Å². The molecule has 0 saturated heterocycles. The summed E-state index contributed by atoms with van der Waals surface area (Å²) in [6, 6.07) is 2.77. The molecule has 25 heteroatoms. The zero-order valence-electron chi connectivity index (χ0n) is 34.3. The highest BCUT2D eigenvalue weighted by Crippen LogP contribution is 2.52. The summed E-state index contributed by atoms with van der Waals surface area (Å²) in [6.07, 6.45) is -1.20. The number of aliphatic hydroxyl groups is 1. The highest BCUT2D eigenvalue weighted by molar-refractivity contribution is 5.99. The molecule has 0 fully saturated rings. The first-order valence-corrected chi connectivity index (χ1v) is 19.8. The number of H-pyrrole nitrogens is 2. The van der Waals surface area contributed by atoms with Crippen LogP contribution in [0.5, 0.6) is 0 Å². The van der Waals surface area contributed by atoms with Gasteiger partial charge in [0.15, 0.2) is 93.1 Å². The van der Waals surface area contributed by atoms with Gasteiger partial charge in [0.2, 0.25) is 17.5 Å². The molecule has 0 amide bonds. The van der Waals surface area contributed by atoms with E-state index in [1.165, 1.54) is 0 Å². The minimum Gasteiger partial charge on any atom is -0.386 e. The van der Waals surface area contributed by atoms with Crippen LogP contribution in [-0.4, -0.2) is 38.6 Å². The summed E-state index contributed by atoms with van der Waals surface area (Å²) < 4.78 is 293. The molecule has 0 unspecified atom stereocenters. The Labute approximate surface area is 380 Å². The van der Waals surface area contributed by atoms with Crippen molar-refractivity contribution >= 4 is 39.9 Å². The first kappa shape index (κ1) is 46.9. The molecule has 2 atom stereocenters. The van der Waals surface area contributed by atoms with Crippen molar-refractivity contribution in [1.29, 1.82) is 0 Å². The molecule has 71 heavy (non-hydrogen) atoms. The van der Waals surface area contributed by atoms with Crippen molar-refractivity contribution in [1.82, 2.24) is 19.9 Å². The Morgan fingerprint density at radius 1 is 0.380 bits per heavy atom. The average molecular weight is 1020 g/mol. The fourth-order valence-electron chi connectivity index (χ4n) is 8.93. The van der Waals surface area contributed by atoms with Crippen molar-refractivity contribution in [3.8, 4) is 44.5 Å². The summed E-state index contributed by atoms with van der Waals surface area (Å²) in [6.45, 7) is -0.893. The van der Waals surface area contributed by atoms with Crippen LogP contribution in [0.1, 0.15) is 34.8 Å². The first-order chi connectivity index (χ1) is 33.5. The molecule has 10 rings (SSSR count). The second-order valence-electron chi connectivity index (χ2n) is 15.9. The Balaban J connectivity index is 1.53. The molecular formula is C46H16F19N5O. The van der Waals surface area contributed by atoms with Crippen LogP contribution in [-0.2, 0) is 0 Å². The number of aliphatic hydroxyl groups excluding tert-OH is 1. The number of aromatic amines is 2. The molecule has 0 saturated carbocycles. The fraction of sp³-hybridized carbons (Fsp3) is 0.0870. The quantitative estimate of drug-likeness (QED) is 0.0936. The van der Waals surface area contributed by atoms with Crippen LogP contribution >= 0.6 is 0 Å². The number of fused-ring (bicyclic) bond motifs is 10. The van der Waals surface area contributed by atoms with Crippen molar-refractivity contribution in [2.75, 3.05) is 18.5 Å². The lowest BCUT2D eigenvalue weighted by Crippen LogP contribution is -2.26. The van der Waals surface area contributed by atoms with Gasteiger partial charge in [0.05, 0.1) is 56.6 Å². The van der Waals surface area contributed by atoms with E-state index in [4.69, 9.17) is 0 Å². The number of nitrogens with one attached hydrogen (secondary N) is 2. The first-order valence-electron chi connectivity index (χ1n) is 19.8. The third-order valence-electron chi connectivity index (χ3n) is 12.1. The maximum atomic E-state index is 16.4. The zero-order chi connectivity index (χ0) is 51.3. The minimum absolute atomic E-state index is 0.629. The molecule has 0 spiro atoms. The normalized spacial score (nSPS) is 15.3. The molecule has 364 valence electrons. The SMILES string of the molecule is CN1C[C@H]2c3nc(c(-c4c(F)c(F)c(F)c(F)c4F)c4ccc([nH]4)c(-c4c(F)c(F)c(F)c(F)c4F)c4nc(c(-c5c(F)c(F)c(F)c(F)c5F)c5ccc([nH]5)c3-c3c(F)c(F)c(F)c(F)c31)C=C4)[C@H]2O. The van der Waals surface area contributed by atoms with E-state index in [0.717, 1.165) is 19.2 Å². The van der Waals surface area contributed by atoms with E-state index < -0.39 is 224 Å². The topological polar surface area (TPSA) is 80.8 Å². The standard InChI is InChI=1S/C46H16F19N5O/c1-70-8-9-43-19(23-30(53)37(60)41(64)42(65)45(23)70)15-7-5-13(68-15)17(21-26(49)33(56)39(62)34(57)27(21)50)11-3-2-10(66-11)16(20-24(47)31(54)38(61)32(55)25(20)48)12-4-6-14(67-12)18(44(69-43)46(9)71)22-28(51)35(58)40(63)36(59)29(22)52/h2-7,9,46,67-68,71H,8H2,1H3/t9-,46-/m0/s1. The summed E-state index contributed by atoms with van der Waals surface area (Å²) in [5.41, 5.74) is -20.3. The molecule has 4 aromatic carbocycles. The minimum atomic E-state index is -2.72. The Morgan fingerprint density at radius 2 is 0.676 bits per heavy atom. The number of hydrogen-bond acceptors (Lipinski definition) is 4. The van der Waals surface area contributed by atoms with Gasteiger partial charge in [-0.25, -0.2) is 88.4 Å². The lowest BCUT2D eigenvalue weighted by molar-refractivity contribution is 0.155. The number of benzene rings is 4. The van der Waals surface area contributed by atoms with E-state index in [1.54, 1.807) is 0 Å². The van der Waals surface area contributed by atoms with Gasteiger partial charge in [-0.05, 0) is 36.4 Å². The highest BCUT2D eigenvalue weighted by Gasteiger charge is 2.44. The van der Waals surface area contributed by atoms with Gasteiger partial charge in [0, 0.05) is 57.9 Å². The van der Waals surface area contributed by atoms with E-state index in [2.05, 4.69) is 19.9 Å². The molecular weight excluding hydrogens is 1000 g/mol. The molecule has 7 aromatic rings. The monoisotopic (exact) mass is 1020 g/mol. The van der Waals surface area contributed by atoms with Gasteiger partial charge in [0.1, 0.15) is 6.10 Å². The Kier molecular flexibility index (Phi) is 10.6. The maximum absolute atomic E-state index is 16.4. The van der Waals surface area contributed by atoms with Crippen LogP contribution in [0.4, 0.5) is 89.1 Å². The van der Waals surface area contributed by atoms with Gasteiger partial charge < -0.3 is 20.0 Å². The summed E-state index contributed by atoms with van der Waals surface area (Å²) in [4.78, 5) is 13.6. The van der Waals surface area contributed by atoms with Gasteiger partial charge in [-0.1, -0.05) is 0 Å². The van der Waals surface area contributed by atoms with Crippen molar-refractivity contribution in [3.63, 3.8) is 0 Å². The second-order valence-corrected chi connectivity index (χ2v) is 15.9. The molecule has 3 aromatic heterocycles. The largest absolute Gasteiger partial charge is 0.386 e. The van der Waals surface area contributed by atoms with Crippen molar-refractivity contribution < 1.29 is 88.5 Å². The van der Waals surface area contributed by atoms with Gasteiger partial charge in [-0.2, -0.15) is 0 Å². The van der Waals surface area contributed by atoms with Crippen molar-refractivity contribution in [3.05, 3.63) is 158 Å². The number of halogens is 19. The molecule has 3 N–H and O–H groups in total. The average Bonchev–Trinajstić information content (AvgIpc) is 4.18. The number of aromatic nitrogens is 4. The molecule has 0 radical (unpaired) electrons. The van der Waals surface area contributed by atoms with E-state index >= 15 is 70.2 Å². The van der Waals surface area contributed by atoms with Crippen LogP contribution in [0.15, 0.2) is 24.3 Å². The Bertz CT molecular complexity index is 3720. The van der Waals surface area contributed by atoms with Crippen LogP contribution in [0, 0.1) is 111 Å². The van der Waals surface area contributed by atoms with Crippen LogP contribution < -0.4 is 4.90 Å². The smallest absolute Gasteiger partial charge is 0.200 e. The van der Waals surface area contributed by atoms with Crippen LogP contribution in [0.2, 0.25) is 0 Å². The maximum Gasteiger partial charge on any atom is 0.200 e. The number of anilines is 1. The number of rotatable bonds is 3. The molecule has 3 aliphatic heterocycles. The number of hydrogen-bond donors (Lipinski definition) is 3. The Hall–Kier alpha value is -7.83. The van der Waals surface area contributed by atoms with E-state index in [9.17, 15) is 18.3 Å². The zero-order valence-corrected chi connectivity index (χ0v) is 34.3. The molecule has 6 nitrogen and oxygen atoms in total. The van der Waals surface area contributed by atoms with Crippen molar-refractivity contribution in [2.45, 2.75) is 12.0 Å². The third-order valence-corrected chi connectivity index (χ3v) is 12.1. The highest BCUT2D eigenvalue weighted by atomic mass is 19.2. The molecule has 8 bridgehead atoms. The predicted molar refractivity (Wildman–Crippen MR) is 212 cm³/mol. The predicted octanol–water partition coefficient (Wildman–Crippen LogP) is 13.1. The lowest BCUT2D eigenvalue weighted by Gasteiger charge is -2.25. The fourth-order valence-corrected chi connectivity index (χ4v) is 8.93. The van der Waals surface area contributed by atoms with Crippen LogP contribution in [0.3, 0.4) is 0 Å². The molecule has 3 aliphatic rings. The van der Waals surface area contributed by atoms with Crippen molar-refractivity contribution in [2.24, 2.45) is 0 Å². The third kappa shape index (κ3) is 6.42. The number of likely N-dealkylation sites (N-methyl/N-ethyl adjacent to an activating group) is 1. The Morgan fingerprint density at radius 3 is 1.06 bits per heavy atom. The summed E-state index contributed by atoms with van der Waals surface area (Å²) in [7, 11) is 0.923. The van der Waals surface area contributed by atoms with E-state index in [0.29, 0.717) is 29.2 Å². The summed E-state index contributed by atoms with van der Waals surface area (Å²) >= 11 is 0. The van der Waals surface area contributed by atoms with E-state index in [-0.39, 0.29) is 0 Å².